The van der Waals surface area contributed by atoms with Crippen molar-refractivity contribution in [3.8, 4) is 0 Å². The number of nitrogens with zero attached hydrogens (tertiary/aromatic N) is 1. The maximum absolute atomic E-state index is 12.9. The van der Waals surface area contributed by atoms with E-state index in [0.29, 0.717) is 0 Å². The normalized spacial score (nSPS) is 22.5. The van der Waals surface area contributed by atoms with Gasteiger partial charge >= 0.3 is 18.2 Å². The molecular weight excluding hydrogens is 383 g/mol. The van der Waals surface area contributed by atoms with Crippen LogP contribution in [-0.2, 0) is 20.7 Å². The largest absolute Gasteiger partial charge is 0.480 e. The highest BCUT2D eigenvalue weighted by Crippen LogP contribution is 2.40. The molecule has 0 saturated carbocycles. The van der Waals surface area contributed by atoms with Gasteiger partial charge in [0.25, 0.3) is 0 Å². The zero-order valence-electron chi connectivity index (χ0n) is 15.4. The number of aliphatic carboxylic acids is 1. The van der Waals surface area contributed by atoms with E-state index in [2.05, 4.69) is 10.3 Å². The Labute approximate surface area is 158 Å². The van der Waals surface area contributed by atoms with E-state index in [0.717, 1.165) is 0 Å². The van der Waals surface area contributed by atoms with Crippen molar-refractivity contribution < 1.29 is 37.4 Å². The fraction of sp³-hybridized carbons (Fsp3) is 0.529. The van der Waals surface area contributed by atoms with Gasteiger partial charge in [-0.05, 0) is 44.9 Å². The van der Waals surface area contributed by atoms with Crippen LogP contribution < -0.4 is 10.6 Å². The van der Waals surface area contributed by atoms with Crippen LogP contribution in [0.3, 0.4) is 0 Å². The van der Waals surface area contributed by atoms with E-state index in [1.165, 1.54) is 18.3 Å². The summed E-state index contributed by atoms with van der Waals surface area (Å²) in [6.45, 7) is 4.97. The van der Waals surface area contributed by atoms with Crippen LogP contribution in [0.25, 0.3) is 0 Å². The van der Waals surface area contributed by atoms with Crippen molar-refractivity contribution in [3.63, 3.8) is 0 Å². The topological polar surface area (TPSA) is 118 Å². The number of carbonyl (C=O) groups excluding carboxylic acids is 2. The molecule has 2 rings (SSSR count). The standard InChI is InChI=1S/C17H20F3N3O5/c1-15(2,3)28-14(27)23-11-6-9(4-5-21-11)7-16(13(25)26)8-10(17(18,19)20)22-12(16)24/h4-6,10H,7-8H2,1-3H3,(H,22,24)(H,25,26)(H,21,23,27)/t10-,16?/m0/s1. The summed E-state index contributed by atoms with van der Waals surface area (Å²) < 4.78 is 43.9. The minimum absolute atomic E-state index is 0.0121. The van der Waals surface area contributed by atoms with Gasteiger partial charge < -0.3 is 15.2 Å². The molecule has 0 radical (unpaired) electrons. The Kier molecular flexibility index (Phi) is 5.58. The Morgan fingerprint density at radius 2 is 2.04 bits per heavy atom. The van der Waals surface area contributed by atoms with Gasteiger partial charge in [-0.2, -0.15) is 13.2 Å². The molecule has 0 aliphatic carbocycles. The van der Waals surface area contributed by atoms with Crippen LogP contribution in [0.4, 0.5) is 23.8 Å². The number of carboxylic acids is 1. The third-order valence-electron chi connectivity index (χ3n) is 4.06. The Bertz CT molecular complexity index is 791. The van der Waals surface area contributed by atoms with Crippen molar-refractivity contribution in [3.05, 3.63) is 23.9 Å². The molecule has 0 spiro atoms. The van der Waals surface area contributed by atoms with E-state index in [1.54, 1.807) is 26.1 Å². The van der Waals surface area contributed by atoms with Gasteiger partial charge in [0, 0.05) is 12.6 Å². The maximum atomic E-state index is 12.9. The second kappa shape index (κ2) is 7.28. The average molecular weight is 403 g/mol. The van der Waals surface area contributed by atoms with Crippen molar-refractivity contribution in [2.45, 2.75) is 51.4 Å². The zero-order chi connectivity index (χ0) is 21.3. The average Bonchev–Trinajstić information content (AvgIpc) is 2.84. The lowest BCUT2D eigenvalue weighted by atomic mass is 9.79. The molecule has 0 aromatic carbocycles. The third-order valence-corrected chi connectivity index (χ3v) is 4.06. The van der Waals surface area contributed by atoms with Gasteiger partial charge in [0.15, 0.2) is 5.41 Å². The van der Waals surface area contributed by atoms with Crippen LogP contribution >= 0.6 is 0 Å². The molecule has 2 atom stereocenters. The second-order valence-corrected chi connectivity index (χ2v) is 7.51. The third kappa shape index (κ3) is 4.90. The first-order valence-corrected chi connectivity index (χ1v) is 8.29. The summed E-state index contributed by atoms with van der Waals surface area (Å²) >= 11 is 0. The second-order valence-electron chi connectivity index (χ2n) is 7.51. The number of hydrogen-bond acceptors (Lipinski definition) is 5. The number of pyridine rings is 1. The quantitative estimate of drug-likeness (QED) is 0.665. The summed E-state index contributed by atoms with van der Waals surface area (Å²) in [4.78, 5) is 39.5. The molecule has 11 heteroatoms. The van der Waals surface area contributed by atoms with E-state index in [9.17, 15) is 32.7 Å². The fourth-order valence-corrected chi connectivity index (χ4v) is 2.81. The number of aromatic nitrogens is 1. The van der Waals surface area contributed by atoms with Crippen LogP contribution in [0.1, 0.15) is 32.8 Å². The van der Waals surface area contributed by atoms with Gasteiger partial charge in [0.05, 0.1) is 0 Å². The van der Waals surface area contributed by atoms with Crippen LogP contribution in [0.15, 0.2) is 18.3 Å². The van der Waals surface area contributed by atoms with Crippen molar-refractivity contribution in [1.82, 2.24) is 10.3 Å². The summed E-state index contributed by atoms with van der Waals surface area (Å²) in [6.07, 6.45) is -5.74. The molecule has 3 N–H and O–H groups in total. The molecule has 1 aliphatic heterocycles. The Morgan fingerprint density at radius 3 is 2.54 bits per heavy atom. The molecule has 2 amide bonds. The van der Waals surface area contributed by atoms with Gasteiger partial charge in [-0.15, -0.1) is 0 Å². The zero-order valence-corrected chi connectivity index (χ0v) is 15.4. The Hall–Kier alpha value is -2.85. The number of ether oxygens (including phenoxy) is 1. The van der Waals surface area contributed by atoms with Gasteiger partial charge in [0.2, 0.25) is 5.91 Å². The van der Waals surface area contributed by atoms with Gasteiger partial charge in [-0.1, -0.05) is 0 Å². The van der Waals surface area contributed by atoms with Gasteiger partial charge in [0.1, 0.15) is 17.5 Å². The Morgan fingerprint density at radius 1 is 1.39 bits per heavy atom. The molecule has 2 heterocycles. The predicted octanol–water partition coefficient (Wildman–Crippen LogP) is 2.49. The number of alkyl halides is 3. The van der Waals surface area contributed by atoms with E-state index < -0.39 is 54.0 Å². The summed E-state index contributed by atoms with van der Waals surface area (Å²) in [5, 5.41) is 13.5. The number of anilines is 1. The number of rotatable bonds is 4. The van der Waals surface area contributed by atoms with E-state index in [4.69, 9.17) is 4.74 Å². The van der Waals surface area contributed by atoms with Crippen LogP contribution in [-0.4, -0.2) is 45.9 Å². The highest BCUT2D eigenvalue weighted by atomic mass is 19.4. The maximum Gasteiger partial charge on any atom is 0.413 e. The molecule has 1 aromatic heterocycles. The number of carboxylic acid groups (broad SMARTS) is 1. The number of amides is 2. The van der Waals surface area contributed by atoms with Crippen molar-refractivity contribution in [1.29, 1.82) is 0 Å². The van der Waals surface area contributed by atoms with E-state index in [-0.39, 0.29) is 11.4 Å². The summed E-state index contributed by atoms with van der Waals surface area (Å²) in [6, 6.07) is 0.402. The summed E-state index contributed by atoms with van der Waals surface area (Å²) in [5.74, 6) is -2.85. The molecule has 28 heavy (non-hydrogen) atoms. The van der Waals surface area contributed by atoms with Crippen molar-refractivity contribution in [2.24, 2.45) is 5.41 Å². The van der Waals surface area contributed by atoms with E-state index in [1.807, 2.05) is 0 Å². The number of hydrogen-bond donors (Lipinski definition) is 3. The molecular formula is C17H20F3N3O5. The molecule has 8 nitrogen and oxygen atoms in total. The van der Waals surface area contributed by atoms with Gasteiger partial charge in [-0.3, -0.25) is 14.9 Å². The van der Waals surface area contributed by atoms with Crippen LogP contribution in [0, 0.1) is 5.41 Å². The SMILES string of the molecule is CC(C)(C)OC(=O)Nc1cc(CC2(C(=O)O)C[C@@H](C(F)(F)F)NC2=O)ccn1. The van der Waals surface area contributed by atoms with Crippen LogP contribution in [0.5, 0.6) is 0 Å². The molecule has 1 fully saturated rings. The fourth-order valence-electron chi connectivity index (χ4n) is 2.81. The van der Waals surface area contributed by atoms with E-state index >= 15 is 0 Å². The van der Waals surface area contributed by atoms with Crippen molar-refractivity contribution >= 4 is 23.8 Å². The molecule has 0 bridgehead atoms. The highest BCUT2D eigenvalue weighted by Gasteiger charge is 2.59. The first-order chi connectivity index (χ1) is 12.7. The van der Waals surface area contributed by atoms with Crippen LogP contribution in [0.2, 0.25) is 0 Å². The predicted molar refractivity (Wildman–Crippen MR) is 90.5 cm³/mol. The first kappa shape index (κ1) is 21.5. The van der Waals surface area contributed by atoms with Gasteiger partial charge in [-0.25, -0.2) is 9.78 Å². The molecule has 1 saturated heterocycles. The number of carbonyl (C=O) groups is 3. The first-order valence-electron chi connectivity index (χ1n) is 8.29. The summed E-state index contributed by atoms with van der Waals surface area (Å²) in [7, 11) is 0. The lowest BCUT2D eigenvalue weighted by molar-refractivity contribution is -0.157. The smallest absolute Gasteiger partial charge is 0.413 e. The molecule has 154 valence electrons. The highest BCUT2D eigenvalue weighted by molar-refractivity contribution is 6.04. The minimum atomic E-state index is -4.76. The number of nitrogens with one attached hydrogen (secondary N) is 2. The monoisotopic (exact) mass is 403 g/mol. The van der Waals surface area contributed by atoms with Crippen molar-refractivity contribution in [2.75, 3.05) is 5.32 Å². The number of halogens is 3. The lowest BCUT2D eigenvalue weighted by Crippen LogP contribution is -2.41. The Balaban J connectivity index is 2.22. The minimum Gasteiger partial charge on any atom is -0.480 e. The molecule has 1 aliphatic rings. The molecule has 1 unspecified atom stereocenters. The lowest BCUT2D eigenvalue weighted by Gasteiger charge is -2.22. The summed E-state index contributed by atoms with van der Waals surface area (Å²) in [5.41, 5.74) is -2.81. The molecule has 1 aromatic rings.